The number of fused-ring (bicyclic) bond motifs is 1. The maximum absolute atomic E-state index is 13.3. The lowest BCUT2D eigenvalue weighted by molar-refractivity contribution is -0.125. The van der Waals surface area contributed by atoms with Crippen molar-refractivity contribution in [3.8, 4) is 22.6 Å². The number of hydrogen-bond donors (Lipinski definition) is 2. The van der Waals surface area contributed by atoms with Crippen LogP contribution >= 0.6 is 0 Å². The molecule has 0 bridgehead atoms. The summed E-state index contributed by atoms with van der Waals surface area (Å²) in [6, 6.07) is 37.7. The highest BCUT2D eigenvalue weighted by atomic mass is 16.5. The minimum Gasteiger partial charge on any atom is -0.497 e. The van der Waals surface area contributed by atoms with Gasteiger partial charge >= 0.3 is 0 Å². The van der Waals surface area contributed by atoms with Crippen LogP contribution in [0.4, 0.5) is 0 Å². The summed E-state index contributed by atoms with van der Waals surface area (Å²) in [4.78, 5) is 13.3. The van der Waals surface area contributed by atoms with E-state index < -0.39 is 5.41 Å². The zero-order valence-electron chi connectivity index (χ0n) is 26.5. The van der Waals surface area contributed by atoms with Crippen LogP contribution in [0.5, 0.6) is 11.5 Å². The highest BCUT2D eigenvalue weighted by Gasteiger charge is 2.29. The van der Waals surface area contributed by atoms with E-state index in [1.807, 2.05) is 50.2 Å². The Bertz CT molecular complexity index is 1740. The minimum atomic E-state index is -0.698. The Morgan fingerprint density at radius 2 is 1.39 bits per heavy atom. The summed E-state index contributed by atoms with van der Waals surface area (Å²) < 4.78 is 10.7. The SMILES string of the molecule is COc1cccc(CNC(=O)C(C)(C)c2ccc(-c3cc(C(C)N[C@H](C)c4cccc(OC)c4)cc4ccccc34)cc2)c1. The number of ether oxygens (including phenoxy) is 2. The number of hydrogen-bond acceptors (Lipinski definition) is 4. The second-order valence-electron chi connectivity index (χ2n) is 11.9. The Balaban J connectivity index is 1.37. The van der Waals surface area contributed by atoms with Crippen LogP contribution in [0.25, 0.3) is 21.9 Å². The van der Waals surface area contributed by atoms with Gasteiger partial charge in [-0.15, -0.1) is 0 Å². The zero-order valence-corrected chi connectivity index (χ0v) is 26.5. The van der Waals surface area contributed by atoms with Gasteiger partial charge in [0.05, 0.1) is 19.6 Å². The van der Waals surface area contributed by atoms with E-state index in [0.29, 0.717) is 6.54 Å². The van der Waals surface area contributed by atoms with Crippen LogP contribution in [-0.4, -0.2) is 20.1 Å². The van der Waals surface area contributed by atoms with Gasteiger partial charge in [-0.05, 0) is 108 Å². The summed E-state index contributed by atoms with van der Waals surface area (Å²) in [7, 11) is 3.34. The van der Waals surface area contributed by atoms with Crippen molar-refractivity contribution in [1.29, 1.82) is 0 Å². The van der Waals surface area contributed by atoms with E-state index in [0.717, 1.165) is 28.2 Å². The predicted octanol–water partition coefficient (Wildman–Crippen LogP) is 8.53. The van der Waals surface area contributed by atoms with Crippen molar-refractivity contribution in [1.82, 2.24) is 10.6 Å². The average molecular weight is 587 g/mol. The van der Waals surface area contributed by atoms with Crippen LogP contribution in [0.1, 0.15) is 62.0 Å². The molecule has 0 saturated heterocycles. The van der Waals surface area contributed by atoms with Crippen molar-refractivity contribution in [3.05, 3.63) is 131 Å². The van der Waals surface area contributed by atoms with Crippen LogP contribution in [0.15, 0.2) is 109 Å². The molecule has 0 spiro atoms. The van der Waals surface area contributed by atoms with Crippen molar-refractivity contribution in [2.45, 2.75) is 51.7 Å². The molecule has 5 aromatic rings. The van der Waals surface area contributed by atoms with Crippen LogP contribution in [0, 0.1) is 0 Å². The number of carbonyl (C=O) groups is 1. The van der Waals surface area contributed by atoms with Crippen LogP contribution < -0.4 is 20.1 Å². The Kier molecular flexibility index (Phi) is 9.36. The molecule has 5 nitrogen and oxygen atoms in total. The quantitative estimate of drug-likeness (QED) is 0.163. The average Bonchev–Trinajstić information content (AvgIpc) is 3.06. The predicted molar refractivity (Wildman–Crippen MR) is 180 cm³/mol. The van der Waals surface area contributed by atoms with Crippen molar-refractivity contribution in [2.24, 2.45) is 0 Å². The molecular formula is C39H42N2O3. The lowest BCUT2D eigenvalue weighted by Gasteiger charge is -2.25. The Hall–Kier alpha value is -4.61. The zero-order chi connectivity index (χ0) is 31.3. The highest BCUT2D eigenvalue weighted by Crippen LogP contribution is 2.35. The molecule has 0 radical (unpaired) electrons. The number of amides is 1. The molecule has 5 rings (SSSR count). The van der Waals surface area contributed by atoms with E-state index in [2.05, 4.69) is 97.3 Å². The fourth-order valence-electron chi connectivity index (χ4n) is 5.68. The molecule has 0 heterocycles. The Labute approximate surface area is 261 Å². The molecule has 0 fully saturated rings. The van der Waals surface area contributed by atoms with Gasteiger partial charge in [-0.1, -0.05) is 72.8 Å². The third-order valence-electron chi connectivity index (χ3n) is 8.55. The fourth-order valence-corrected chi connectivity index (χ4v) is 5.68. The Morgan fingerprint density at radius 3 is 2.11 bits per heavy atom. The van der Waals surface area contributed by atoms with Gasteiger partial charge in [0.25, 0.3) is 0 Å². The lowest BCUT2D eigenvalue weighted by Crippen LogP contribution is -2.39. The number of benzene rings is 5. The molecule has 5 aromatic carbocycles. The van der Waals surface area contributed by atoms with Gasteiger partial charge < -0.3 is 20.1 Å². The van der Waals surface area contributed by atoms with Gasteiger partial charge in [0.1, 0.15) is 11.5 Å². The van der Waals surface area contributed by atoms with E-state index in [1.165, 1.54) is 27.5 Å². The number of nitrogens with one attached hydrogen (secondary N) is 2. The van der Waals surface area contributed by atoms with Gasteiger partial charge in [-0.3, -0.25) is 4.79 Å². The summed E-state index contributed by atoms with van der Waals surface area (Å²) in [6.07, 6.45) is 0. The molecule has 0 aliphatic heterocycles. The first kappa shape index (κ1) is 30.8. The molecule has 0 aliphatic rings. The molecule has 0 aromatic heterocycles. The maximum atomic E-state index is 13.3. The summed E-state index contributed by atoms with van der Waals surface area (Å²) in [6.45, 7) is 8.77. The van der Waals surface area contributed by atoms with Crippen molar-refractivity contribution >= 4 is 16.7 Å². The first-order chi connectivity index (χ1) is 21.2. The van der Waals surface area contributed by atoms with E-state index in [-0.39, 0.29) is 18.0 Å². The summed E-state index contributed by atoms with van der Waals surface area (Å²) in [5.74, 6) is 1.61. The normalized spacial score (nSPS) is 12.9. The van der Waals surface area contributed by atoms with Gasteiger partial charge in [-0.25, -0.2) is 0 Å². The molecule has 1 amide bonds. The molecule has 2 N–H and O–H groups in total. The molecule has 44 heavy (non-hydrogen) atoms. The molecule has 0 saturated carbocycles. The van der Waals surface area contributed by atoms with E-state index in [1.54, 1.807) is 14.2 Å². The summed E-state index contributed by atoms with van der Waals surface area (Å²) in [5, 5.41) is 9.28. The van der Waals surface area contributed by atoms with Gasteiger partial charge in [0.2, 0.25) is 5.91 Å². The second-order valence-corrected chi connectivity index (χ2v) is 11.9. The topological polar surface area (TPSA) is 59.6 Å². The molecular weight excluding hydrogens is 544 g/mol. The lowest BCUT2D eigenvalue weighted by atomic mass is 9.82. The number of methoxy groups -OCH3 is 2. The first-order valence-electron chi connectivity index (χ1n) is 15.1. The van der Waals surface area contributed by atoms with Crippen LogP contribution in [-0.2, 0) is 16.8 Å². The number of carbonyl (C=O) groups excluding carboxylic acids is 1. The molecule has 1 unspecified atom stereocenters. The first-order valence-corrected chi connectivity index (χ1v) is 15.1. The third-order valence-corrected chi connectivity index (χ3v) is 8.55. The van der Waals surface area contributed by atoms with Crippen molar-refractivity contribution < 1.29 is 14.3 Å². The molecule has 2 atom stereocenters. The molecule has 5 heteroatoms. The maximum Gasteiger partial charge on any atom is 0.230 e. The number of rotatable bonds is 11. The van der Waals surface area contributed by atoms with Crippen molar-refractivity contribution in [3.63, 3.8) is 0 Å². The van der Waals surface area contributed by atoms with Gasteiger partial charge in [-0.2, -0.15) is 0 Å². The van der Waals surface area contributed by atoms with E-state index in [9.17, 15) is 4.79 Å². The fraction of sp³-hybridized carbons (Fsp3) is 0.256. The van der Waals surface area contributed by atoms with Crippen LogP contribution in [0.2, 0.25) is 0 Å². The summed E-state index contributed by atoms with van der Waals surface area (Å²) >= 11 is 0. The smallest absolute Gasteiger partial charge is 0.230 e. The summed E-state index contributed by atoms with van der Waals surface area (Å²) in [5.41, 5.74) is 5.96. The third kappa shape index (κ3) is 6.79. The van der Waals surface area contributed by atoms with E-state index in [4.69, 9.17) is 9.47 Å². The van der Waals surface area contributed by atoms with Gasteiger partial charge in [0, 0.05) is 18.6 Å². The monoisotopic (exact) mass is 586 g/mol. The van der Waals surface area contributed by atoms with Crippen molar-refractivity contribution in [2.75, 3.05) is 14.2 Å². The molecule has 226 valence electrons. The standard InChI is InChI=1S/C39H42N2O3/c1-26(30-13-10-15-35(23-30)44-6)41-27(2)32-22-31-12-7-8-16-36(31)37(24-32)29-17-19-33(20-18-29)39(3,4)38(42)40-25-28-11-9-14-34(21-28)43-5/h7-24,26-27,41H,25H2,1-6H3,(H,40,42)/t26-,27?/m1/s1. The van der Waals surface area contributed by atoms with E-state index >= 15 is 0 Å². The van der Waals surface area contributed by atoms with Crippen LogP contribution in [0.3, 0.4) is 0 Å². The van der Waals surface area contributed by atoms with Gasteiger partial charge in [0.15, 0.2) is 0 Å². The largest absolute Gasteiger partial charge is 0.497 e. The second kappa shape index (κ2) is 13.4. The Morgan fingerprint density at radius 1 is 0.727 bits per heavy atom. The minimum absolute atomic E-state index is 0.0226. The molecule has 0 aliphatic carbocycles. The highest BCUT2D eigenvalue weighted by molar-refractivity contribution is 5.97.